The quantitative estimate of drug-likeness (QED) is 0.689. The Morgan fingerprint density at radius 1 is 0.971 bits per heavy atom. The van der Waals surface area contributed by atoms with Gasteiger partial charge < -0.3 is 14.5 Å². The summed E-state index contributed by atoms with van der Waals surface area (Å²) in [4.78, 5) is 52.8. The predicted molar refractivity (Wildman–Crippen MR) is 123 cm³/mol. The van der Waals surface area contributed by atoms with Gasteiger partial charge in [0.25, 0.3) is 11.8 Å². The van der Waals surface area contributed by atoms with Gasteiger partial charge in [0.05, 0.1) is 6.54 Å². The number of benzene rings is 2. The van der Waals surface area contributed by atoms with Crippen molar-refractivity contribution < 1.29 is 23.9 Å². The highest BCUT2D eigenvalue weighted by Crippen LogP contribution is 2.34. The Morgan fingerprint density at radius 3 is 2.47 bits per heavy atom. The molecule has 0 saturated carbocycles. The molecule has 1 N–H and O–H groups in total. The van der Waals surface area contributed by atoms with E-state index in [0.29, 0.717) is 42.3 Å². The van der Waals surface area contributed by atoms with Crippen molar-refractivity contribution in [1.82, 2.24) is 15.1 Å². The lowest BCUT2D eigenvalue weighted by molar-refractivity contribution is -0.137. The first-order valence-electron chi connectivity index (χ1n) is 11.7. The lowest BCUT2D eigenvalue weighted by atomic mass is 9.89. The molecule has 5 rings (SSSR count). The van der Waals surface area contributed by atoms with Crippen LogP contribution in [-0.2, 0) is 20.9 Å². The van der Waals surface area contributed by atoms with Crippen LogP contribution in [0.4, 0.5) is 0 Å². The number of amides is 4. The molecule has 8 nitrogen and oxygen atoms in total. The molecular weight excluding hydrogens is 434 g/mol. The van der Waals surface area contributed by atoms with Gasteiger partial charge in [-0.3, -0.25) is 24.5 Å². The first-order valence-corrected chi connectivity index (χ1v) is 11.7. The summed E-state index contributed by atoms with van der Waals surface area (Å²) in [5, 5.41) is 2.30. The minimum absolute atomic E-state index is 0.0736. The van der Waals surface area contributed by atoms with Crippen molar-refractivity contribution in [1.29, 1.82) is 0 Å². The number of carbonyl (C=O) groups excluding carboxylic acids is 4. The van der Waals surface area contributed by atoms with Crippen molar-refractivity contribution in [3.05, 3.63) is 65.2 Å². The van der Waals surface area contributed by atoms with Crippen molar-refractivity contribution in [3.8, 4) is 5.75 Å². The van der Waals surface area contributed by atoms with Gasteiger partial charge in [0.15, 0.2) is 6.61 Å². The molecule has 2 aromatic carbocycles. The number of hydrogen-bond donors (Lipinski definition) is 1. The molecule has 3 aliphatic heterocycles. The minimum Gasteiger partial charge on any atom is -0.483 e. The van der Waals surface area contributed by atoms with Crippen molar-refractivity contribution in [2.24, 2.45) is 0 Å². The first kappa shape index (κ1) is 22.1. The zero-order valence-electron chi connectivity index (χ0n) is 18.9. The van der Waals surface area contributed by atoms with E-state index in [2.05, 4.69) is 17.4 Å². The van der Waals surface area contributed by atoms with Crippen LogP contribution in [0.5, 0.6) is 5.75 Å². The predicted octanol–water partition coefficient (Wildman–Crippen LogP) is 2.23. The van der Waals surface area contributed by atoms with Crippen LogP contribution in [0.2, 0.25) is 0 Å². The van der Waals surface area contributed by atoms with Gasteiger partial charge in [-0.15, -0.1) is 0 Å². The minimum atomic E-state index is -0.682. The number of nitrogens with zero attached hydrogens (tertiary/aromatic N) is 2. The van der Waals surface area contributed by atoms with E-state index in [0.717, 1.165) is 12.8 Å². The van der Waals surface area contributed by atoms with Crippen LogP contribution in [0.3, 0.4) is 0 Å². The molecule has 0 spiro atoms. The Hall–Kier alpha value is -3.68. The summed E-state index contributed by atoms with van der Waals surface area (Å²) in [7, 11) is 0. The number of rotatable bonds is 5. The van der Waals surface area contributed by atoms with Crippen molar-refractivity contribution in [3.63, 3.8) is 0 Å². The van der Waals surface area contributed by atoms with Crippen LogP contribution >= 0.6 is 0 Å². The smallest absolute Gasteiger partial charge is 0.260 e. The molecule has 3 heterocycles. The summed E-state index contributed by atoms with van der Waals surface area (Å²) in [6.45, 7) is 1.50. The molecular formula is C26H27N3O5. The number of imide groups is 1. The molecule has 2 aromatic rings. The number of ether oxygens (including phenoxy) is 1. The molecule has 0 radical (unpaired) electrons. The molecule has 176 valence electrons. The van der Waals surface area contributed by atoms with Gasteiger partial charge in [0, 0.05) is 30.6 Å². The van der Waals surface area contributed by atoms with Crippen LogP contribution in [0.25, 0.3) is 0 Å². The summed E-state index contributed by atoms with van der Waals surface area (Å²) in [6.07, 6.45) is 2.35. The number of fused-ring (bicyclic) bond motifs is 1. The number of carbonyl (C=O) groups is 4. The average Bonchev–Trinajstić information content (AvgIpc) is 3.20. The highest BCUT2D eigenvalue weighted by molar-refractivity contribution is 6.05. The van der Waals surface area contributed by atoms with E-state index in [1.165, 1.54) is 10.5 Å². The zero-order valence-corrected chi connectivity index (χ0v) is 18.9. The fourth-order valence-electron chi connectivity index (χ4n) is 5.11. The van der Waals surface area contributed by atoms with E-state index in [9.17, 15) is 19.2 Å². The van der Waals surface area contributed by atoms with E-state index < -0.39 is 11.9 Å². The fourth-order valence-corrected chi connectivity index (χ4v) is 5.11. The number of piperidine rings is 2. The third-order valence-corrected chi connectivity index (χ3v) is 7.01. The van der Waals surface area contributed by atoms with Crippen molar-refractivity contribution >= 4 is 23.6 Å². The third-order valence-electron chi connectivity index (χ3n) is 7.01. The van der Waals surface area contributed by atoms with Gasteiger partial charge in [0.2, 0.25) is 11.8 Å². The monoisotopic (exact) mass is 461 g/mol. The van der Waals surface area contributed by atoms with Crippen LogP contribution in [0.15, 0.2) is 48.5 Å². The number of hydrogen-bond acceptors (Lipinski definition) is 5. The SMILES string of the molecule is O=C1CCC(N2Cc3c(OCC(=O)N4CCC(c5ccccc5)CC4)cccc3C2=O)C(=O)N1. The van der Waals surface area contributed by atoms with Gasteiger partial charge in [-0.25, -0.2) is 0 Å². The Bertz CT molecular complexity index is 1120. The van der Waals surface area contributed by atoms with E-state index in [1.807, 2.05) is 23.1 Å². The Labute approximate surface area is 197 Å². The lowest BCUT2D eigenvalue weighted by Crippen LogP contribution is -2.52. The summed E-state index contributed by atoms with van der Waals surface area (Å²) in [5.74, 6) is -0.157. The standard InChI is InChI=1S/C26H27N3O5/c30-23-10-9-21(25(32)27-23)29-15-20-19(26(29)33)7-4-8-22(20)34-16-24(31)28-13-11-18(12-14-28)17-5-2-1-3-6-17/h1-8,18,21H,9-16H2,(H,27,30,32). The molecule has 1 atom stereocenters. The fraction of sp³-hybridized carbons (Fsp3) is 0.385. The van der Waals surface area contributed by atoms with Crippen LogP contribution < -0.4 is 10.1 Å². The molecule has 1 unspecified atom stereocenters. The van der Waals surface area contributed by atoms with Crippen molar-refractivity contribution in [2.75, 3.05) is 19.7 Å². The summed E-state index contributed by atoms with van der Waals surface area (Å²) in [6, 6.07) is 14.9. The molecule has 0 aromatic heterocycles. The van der Waals surface area contributed by atoms with Crippen LogP contribution in [0.1, 0.15) is 53.1 Å². The molecule has 2 saturated heterocycles. The molecule has 0 bridgehead atoms. The highest BCUT2D eigenvalue weighted by atomic mass is 16.5. The third kappa shape index (κ3) is 4.27. The Balaban J connectivity index is 1.20. The molecule has 2 fully saturated rings. The second-order valence-electron chi connectivity index (χ2n) is 9.04. The average molecular weight is 462 g/mol. The molecule has 34 heavy (non-hydrogen) atoms. The summed E-state index contributed by atoms with van der Waals surface area (Å²) in [5.41, 5.74) is 2.46. The van der Waals surface area contributed by atoms with E-state index in [-0.39, 0.29) is 37.3 Å². The molecule has 8 heteroatoms. The lowest BCUT2D eigenvalue weighted by Gasteiger charge is -2.32. The van der Waals surface area contributed by atoms with Gasteiger partial charge in [0.1, 0.15) is 11.8 Å². The maximum Gasteiger partial charge on any atom is 0.260 e. The Morgan fingerprint density at radius 2 is 1.74 bits per heavy atom. The topological polar surface area (TPSA) is 96.0 Å². The summed E-state index contributed by atoms with van der Waals surface area (Å²) >= 11 is 0. The van der Waals surface area contributed by atoms with Gasteiger partial charge in [-0.2, -0.15) is 0 Å². The maximum atomic E-state index is 12.9. The number of likely N-dealkylation sites (tertiary alicyclic amines) is 1. The van der Waals surface area contributed by atoms with Crippen LogP contribution in [-0.4, -0.2) is 59.2 Å². The summed E-state index contributed by atoms with van der Waals surface area (Å²) < 4.78 is 5.88. The second kappa shape index (κ2) is 9.29. The first-order chi connectivity index (χ1) is 16.5. The van der Waals surface area contributed by atoms with E-state index in [1.54, 1.807) is 18.2 Å². The largest absolute Gasteiger partial charge is 0.483 e. The van der Waals surface area contributed by atoms with Gasteiger partial charge in [-0.05, 0) is 42.9 Å². The maximum absolute atomic E-state index is 12.9. The second-order valence-corrected chi connectivity index (χ2v) is 9.04. The van der Waals surface area contributed by atoms with Gasteiger partial charge in [-0.1, -0.05) is 36.4 Å². The molecule has 3 aliphatic rings. The van der Waals surface area contributed by atoms with E-state index in [4.69, 9.17) is 4.74 Å². The molecule has 4 amide bonds. The van der Waals surface area contributed by atoms with Gasteiger partial charge >= 0.3 is 0 Å². The van der Waals surface area contributed by atoms with E-state index >= 15 is 0 Å². The molecule has 0 aliphatic carbocycles. The highest BCUT2D eigenvalue weighted by Gasteiger charge is 2.40. The Kier molecular flexibility index (Phi) is 6.04. The zero-order chi connectivity index (χ0) is 23.7. The normalized spacial score (nSPS) is 20.8. The van der Waals surface area contributed by atoms with Crippen molar-refractivity contribution in [2.45, 2.75) is 44.2 Å². The number of nitrogens with one attached hydrogen (secondary N) is 1. The van der Waals surface area contributed by atoms with Crippen LogP contribution in [0, 0.1) is 0 Å².